The van der Waals surface area contributed by atoms with Crippen molar-refractivity contribution in [1.29, 1.82) is 0 Å². The summed E-state index contributed by atoms with van der Waals surface area (Å²) < 4.78 is 2.09. The highest BCUT2D eigenvalue weighted by Gasteiger charge is 2.21. The fourth-order valence-corrected chi connectivity index (χ4v) is 4.93. The molecule has 160 valence electrons. The van der Waals surface area contributed by atoms with E-state index in [2.05, 4.69) is 45.6 Å². The predicted octanol–water partition coefficient (Wildman–Crippen LogP) is 5.50. The number of fused-ring (bicyclic) bond motifs is 1. The second-order valence-electron chi connectivity index (χ2n) is 7.44. The maximum absolute atomic E-state index is 13.4. The van der Waals surface area contributed by atoms with Gasteiger partial charge in [0.2, 0.25) is 0 Å². The molecule has 0 aliphatic heterocycles. The smallest absolute Gasteiger partial charge is 0.260 e. The van der Waals surface area contributed by atoms with E-state index in [1.54, 1.807) is 11.3 Å². The van der Waals surface area contributed by atoms with E-state index in [9.17, 15) is 4.79 Å². The van der Waals surface area contributed by atoms with Gasteiger partial charge in [0.25, 0.3) is 5.91 Å². The van der Waals surface area contributed by atoms with Crippen LogP contribution >= 0.6 is 27.3 Å². The van der Waals surface area contributed by atoms with Crippen LogP contribution in [0.5, 0.6) is 0 Å². The summed E-state index contributed by atoms with van der Waals surface area (Å²) in [5.41, 5.74) is 2.75. The summed E-state index contributed by atoms with van der Waals surface area (Å²) >= 11 is 5.08. The van der Waals surface area contributed by atoms with E-state index in [1.165, 1.54) is 0 Å². The molecule has 1 aromatic heterocycles. The fourth-order valence-electron chi connectivity index (χ4n) is 3.39. The minimum Gasteiger partial charge on any atom is -0.372 e. The third-order valence-corrected chi connectivity index (χ3v) is 6.58. The number of carbonyl (C=O) groups is 1. The Kier molecular flexibility index (Phi) is 7.86. The lowest BCUT2D eigenvalue weighted by molar-refractivity contribution is 0.0986. The SMILES string of the molecule is CCN(CC)c1ccc(C(=O)N(CCCN(C)C)c2nc3ccc(Br)cc3s2)cc1. The zero-order chi connectivity index (χ0) is 21.7. The molecule has 0 unspecified atom stereocenters. The van der Waals surface area contributed by atoms with Crippen molar-refractivity contribution in [3.8, 4) is 0 Å². The molecule has 5 nitrogen and oxygen atoms in total. The minimum absolute atomic E-state index is 0.00188. The van der Waals surface area contributed by atoms with Crippen LogP contribution in [0.25, 0.3) is 10.2 Å². The van der Waals surface area contributed by atoms with Crippen LogP contribution in [0, 0.1) is 0 Å². The lowest BCUT2D eigenvalue weighted by Crippen LogP contribution is -2.33. The standard InChI is InChI=1S/C23H29BrN4OS/c1-5-27(6-2)19-11-8-17(9-12-19)22(29)28(15-7-14-26(3)4)23-25-20-13-10-18(24)16-21(20)30-23/h8-13,16H,5-7,14-15H2,1-4H3. The molecule has 0 saturated carbocycles. The van der Waals surface area contributed by atoms with Gasteiger partial charge >= 0.3 is 0 Å². The van der Waals surface area contributed by atoms with Crippen molar-refractivity contribution in [3.63, 3.8) is 0 Å². The summed E-state index contributed by atoms with van der Waals surface area (Å²) in [7, 11) is 4.10. The lowest BCUT2D eigenvalue weighted by atomic mass is 10.1. The number of nitrogens with zero attached hydrogens (tertiary/aromatic N) is 4. The Morgan fingerprint density at radius 1 is 1.03 bits per heavy atom. The molecule has 0 aliphatic rings. The molecule has 1 heterocycles. The molecule has 30 heavy (non-hydrogen) atoms. The second kappa shape index (κ2) is 10.4. The number of hydrogen-bond acceptors (Lipinski definition) is 5. The highest BCUT2D eigenvalue weighted by Crippen LogP contribution is 2.32. The molecule has 0 bridgehead atoms. The Labute approximate surface area is 191 Å². The first kappa shape index (κ1) is 22.7. The molecule has 0 spiro atoms. The molecule has 0 N–H and O–H groups in total. The third-order valence-electron chi connectivity index (χ3n) is 5.05. The monoisotopic (exact) mass is 488 g/mol. The first-order valence-electron chi connectivity index (χ1n) is 10.3. The Hall–Kier alpha value is -1.96. The van der Waals surface area contributed by atoms with Gasteiger partial charge in [0.1, 0.15) is 0 Å². The zero-order valence-corrected chi connectivity index (χ0v) is 20.5. The fraction of sp³-hybridized carbons (Fsp3) is 0.391. The number of benzene rings is 2. The van der Waals surface area contributed by atoms with E-state index >= 15 is 0 Å². The molecule has 0 atom stereocenters. The number of aromatic nitrogens is 1. The Bertz CT molecular complexity index is 983. The van der Waals surface area contributed by atoms with Crippen molar-refractivity contribution in [1.82, 2.24) is 9.88 Å². The number of amides is 1. The van der Waals surface area contributed by atoms with Gasteiger partial charge < -0.3 is 9.80 Å². The van der Waals surface area contributed by atoms with Crippen LogP contribution in [0.15, 0.2) is 46.9 Å². The Morgan fingerprint density at radius 2 is 1.73 bits per heavy atom. The first-order chi connectivity index (χ1) is 14.4. The van der Waals surface area contributed by atoms with Gasteiger partial charge in [-0.1, -0.05) is 27.3 Å². The van der Waals surface area contributed by atoms with Crippen molar-refractivity contribution in [2.24, 2.45) is 0 Å². The number of hydrogen-bond donors (Lipinski definition) is 0. The number of carbonyl (C=O) groups excluding carboxylic acids is 1. The highest BCUT2D eigenvalue weighted by molar-refractivity contribution is 9.10. The summed E-state index contributed by atoms with van der Waals surface area (Å²) in [5.74, 6) is -0.00188. The van der Waals surface area contributed by atoms with E-state index in [0.29, 0.717) is 12.1 Å². The van der Waals surface area contributed by atoms with E-state index in [0.717, 1.165) is 51.6 Å². The molecule has 0 radical (unpaired) electrons. The molecular weight excluding hydrogens is 460 g/mol. The lowest BCUT2D eigenvalue weighted by Gasteiger charge is -2.23. The molecule has 3 rings (SSSR count). The predicted molar refractivity (Wildman–Crippen MR) is 132 cm³/mol. The quantitative estimate of drug-likeness (QED) is 0.398. The number of thiazole rings is 1. The van der Waals surface area contributed by atoms with Crippen molar-refractivity contribution in [2.75, 3.05) is 50.1 Å². The number of anilines is 2. The average Bonchev–Trinajstić information content (AvgIpc) is 3.14. The van der Waals surface area contributed by atoms with Crippen LogP contribution < -0.4 is 9.80 Å². The Balaban J connectivity index is 1.89. The van der Waals surface area contributed by atoms with Gasteiger partial charge in [-0.2, -0.15) is 0 Å². The van der Waals surface area contributed by atoms with Crippen LogP contribution in [0.1, 0.15) is 30.6 Å². The van der Waals surface area contributed by atoms with E-state index in [-0.39, 0.29) is 5.91 Å². The van der Waals surface area contributed by atoms with Gasteiger partial charge in [-0.05, 0) is 83.4 Å². The van der Waals surface area contributed by atoms with Crippen molar-refractivity contribution < 1.29 is 4.79 Å². The summed E-state index contributed by atoms with van der Waals surface area (Å²) in [6, 6.07) is 14.0. The summed E-state index contributed by atoms with van der Waals surface area (Å²) in [5, 5.41) is 0.750. The van der Waals surface area contributed by atoms with Crippen molar-refractivity contribution in [3.05, 3.63) is 52.5 Å². The Morgan fingerprint density at radius 3 is 2.37 bits per heavy atom. The summed E-state index contributed by atoms with van der Waals surface area (Å²) in [6.07, 6.45) is 0.885. The van der Waals surface area contributed by atoms with Gasteiger partial charge in [-0.3, -0.25) is 9.69 Å². The topological polar surface area (TPSA) is 39.7 Å². The number of rotatable bonds is 9. The molecule has 3 aromatic rings. The van der Waals surface area contributed by atoms with Crippen LogP contribution in [-0.2, 0) is 0 Å². The van der Waals surface area contributed by atoms with Gasteiger partial charge in [0, 0.05) is 35.4 Å². The van der Waals surface area contributed by atoms with Gasteiger partial charge in [0.15, 0.2) is 5.13 Å². The van der Waals surface area contributed by atoms with Crippen molar-refractivity contribution >= 4 is 54.2 Å². The normalized spacial score (nSPS) is 11.3. The van der Waals surface area contributed by atoms with Crippen LogP contribution in [0.2, 0.25) is 0 Å². The van der Waals surface area contributed by atoms with Gasteiger partial charge in [-0.15, -0.1) is 0 Å². The van der Waals surface area contributed by atoms with Crippen LogP contribution in [0.3, 0.4) is 0 Å². The van der Waals surface area contributed by atoms with E-state index in [4.69, 9.17) is 4.98 Å². The molecular formula is C23H29BrN4OS. The molecule has 2 aromatic carbocycles. The van der Waals surface area contributed by atoms with Crippen molar-refractivity contribution in [2.45, 2.75) is 20.3 Å². The molecule has 1 amide bonds. The third kappa shape index (κ3) is 5.39. The molecule has 0 fully saturated rings. The maximum atomic E-state index is 13.4. The second-order valence-corrected chi connectivity index (χ2v) is 9.37. The van der Waals surface area contributed by atoms with E-state index < -0.39 is 0 Å². The largest absolute Gasteiger partial charge is 0.372 e. The molecule has 7 heteroatoms. The van der Waals surface area contributed by atoms with Crippen LogP contribution in [-0.4, -0.2) is 56.1 Å². The van der Waals surface area contributed by atoms with E-state index in [1.807, 2.05) is 55.4 Å². The molecule has 0 saturated heterocycles. The highest BCUT2D eigenvalue weighted by atomic mass is 79.9. The maximum Gasteiger partial charge on any atom is 0.260 e. The van der Waals surface area contributed by atoms with Crippen LogP contribution in [0.4, 0.5) is 10.8 Å². The average molecular weight is 489 g/mol. The summed E-state index contributed by atoms with van der Waals surface area (Å²) in [6.45, 7) is 7.72. The number of halogens is 1. The van der Waals surface area contributed by atoms with Gasteiger partial charge in [-0.25, -0.2) is 4.98 Å². The summed E-state index contributed by atoms with van der Waals surface area (Å²) in [4.78, 5) is 24.4. The molecule has 0 aliphatic carbocycles. The first-order valence-corrected chi connectivity index (χ1v) is 11.9. The van der Waals surface area contributed by atoms with Gasteiger partial charge in [0.05, 0.1) is 10.2 Å². The zero-order valence-electron chi connectivity index (χ0n) is 18.1. The minimum atomic E-state index is -0.00188.